The number of nitrogens with zero attached hydrogens (tertiary/aromatic N) is 3. The fraction of sp³-hybridized carbons (Fsp3) is 0.364. The van der Waals surface area contributed by atoms with Crippen LogP contribution in [0, 0.1) is 6.92 Å². The van der Waals surface area contributed by atoms with Crippen LogP contribution in [0.1, 0.15) is 34.6 Å². The number of amides is 1. The Labute approximate surface area is 160 Å². The fourth-order valence-corrected chi connectivity index (χ4v) is 3.73. The van der Waals surface area contributed by atoms with Gasteiger partial charge in [-0.1, -0.05) is 12.1 Å². The van der Waals surface area contributed by atoms with Crippen LogP contribution in [-0.4, -0.2) is 47.5 Å². The van der Waals surface area contributed by atoms with E-state index in [0.29, 0.717) is 13.0 Å². The molecule has 1 aliphatic rings. The van der Waals surface area contributed by atoms with Crippen LogP contribution in [0.3, 0.4) is 0 Å². The second-order valence-corrected chi connectivity index (χ2v) is 7.37. The molecule has 0 radical (unpaired) electrons. The molecule has 140 valence electrons. The first-order chi connectivity index (χ1) is 13.1. The predicted molar refractivity (Wildman–Crippen MR) is 109 cm³/mol. The van der Waals surface area contributed by atoms with Gasteiger partial charge in [0.25, 0.3) is 5.91 Å². The number of carbonyl (C=O) groups excluding carboxylic acids is 1. The highest BCUT2D eigenvalue weighted by Crippen LogP contribution is 2.21. The van der Waals surface area contributed by atoms with E-state index in [-0.39, 0.29) is 5.91 Å². The van der Waals surface area contributed by atoms with Crippen molar-refractivity contribution in [3.8, 4) is 0 Å². The van der Waals surface area contributed by atoms with Gasteiger partial charge in [-0.3, -0.25) is 4.79 Å². The number of nitrogens with one attached hydrogen (secondary N) is 1. The smallest absolute Gasteiger partial charge is 0.253 e. The SMILES string of the molecule is Cc1cccc2[nH]c(CCN(C)C(=O)c3ccc(N4CCCC4)cc3)nc12. The quantitative estimate of drug-likeness (QED) is 0.751. The largest absolute Gasteiger partial charge is 0.372 e. The number of benzene rings is 2. The monoisotopic (exact) mass is 362 g/mol. The van der Waals surface area contributed by atoms with Crippen molar-refractivity contribution < 1.29 is 4.79 Å². The lowest BCUT2D eigenvalue weighted by Crippen LogP contribution is -2.29. The van der Waals surface area contributed by atoms with E-state index in [2.05, 4.69) is 40.0 Å². The number of hydrogen-bond donors (Lipinski definition) is 1. The number of aromatic nitrogens is 2. The van der Waals surface area contributed by atoms with Crippen LogP contribution < -0.4 is 4.90 Å². The summed E-state index contributed by atoms with van der Waals surface area (Å²) in [5.74, 6) is 0.971. The number of imidazole rings is 1. The number of H-pyrrole nitrogens is 1. The summed E-state index contributed by atoms with van der Waals surface area (Å²) >= 11 is 0. The van der Waals surface area contributed by atoms with E-state index in [4.69, 9.17) is 0 Å². The van der Waals surface area contributed by atoms with Crippen LogP contribution in [-0.2, 0) is 6.42 Å². The van der Waals surface area contributed by atoms with Crippen LogP contribution >= 0.6 is 0 Å². The van der Waals surface area contributed by atoms with Gasteiger partial charge < -0.3 is 14.8 Å². The third kappa shape index (κ3) is 3.68. The van der Waals surface area contributed by atoms with Gasteiger partial charge in [0.05, 0.1) is 11.0 Å². The molecule has 0 aliphatic carbocycles. The maximum absolute atomic E-state index is 12.7. The molecule has 3 aromatic rings. The molecule has 2 heterocycles. The zero-order chi connectivity index (χ0) is 18.8. The molecule has 0 bridgehead atoms. The average Bonchev–Trinajstić information content (AvgIpc) is 3.36. The number of hydrogen-bond acceptors (Lipinski definition) is 3. The van der Waals surface area contributed by atoms with Gasteiger partial charge in [0.15, 0.2) is 0 Å². The van der Waals surface area contributed by atoms with Gasteiger partial charge in [-0.25, -0.2) is 4.98 Å². The number of aromatic amines is 1. The molecule has 27 heavy (non-hydrogen) atoms. The Kier molecular flexibility index (Phi) is 4.84. The average molecular weight is 362 g/mol. The summed E-state index contributed by atoms with van der Waals surface area (Å²) in [6.45, 7) is 4.92. The molecule has 1 N–H and O–H groups in total. The Morgan fingerprint density at radius 3 is 2.59 bits per heavy atom. The summed E-state index contributed by atoms with van der Waals surface area (Å²) in [6, 6.07) is 14.1. The molecule has 1 aromatic heterocycles. The van der Waals surface area contributed by atoms with E-state index in [1.807, 2.05) is 31.3 Å². The lowest BCUT2D eigenvalue weighted by atomic mass is 10.1. The first kappa shape index (κ1) is 17.6. The molecule has 0 saturated carbocycles. The molecular weight excluding hydrogens is 336 g/mol. The van der Waals surface area contributed by atoms with Crippen molar-refractivity contribution in [1.29, 1.82) is 0 Å². The van der Waals surface area contributed by atoms with Crippen molar-refractivity contribution in [2.24, 2.45) is 0 Å². The van der Waals surface area contributed by atoms with Crippen LogP contribution in [0.25, 0.3) is 11.0 Å². The molecule has 1 fully saturated rings. The van der Waals surface area contributed by atoms with E-state index in [0.717, 1.165) is 41.1 Å². The molecule has 5 nitrogen and oxygen atoms in total. The molecule has 0 spiro atoms. The number of fused-ring (bicyclic) bond motifs is 1. The van der Waals surface area contributed by atoms with Crippen molar-refractivity contribution in [2.75, 3.05) is 31.6 Å². The summed E-state index contributed by atoms with van der Waals surface area (Å²) in [4.78, 5) is 24.9. The lowest BCUT2D eigenvalue weighted by Gasteiger charge is -2.19. The van der Waals surface area contributed by atoms with Gasteiger partial charge >= 0.3 is 0 Å². The van der Waals surface area contributed by atoms with Crippen molar-refractivity contribution in [2.45, 2.75) is 26.2 Å². The highest BCUT2D eigenvalue weighted by Gasteiger charge is 2.15. The minimum Gasteiger partial charge on any atom is -0.372 e. The zero-order valence-corrected chi connectivity index (χ0v) is 16.0. The maximum atomic E-state index is 12.7. The van der Waals surface area contributed by atoms with Crippen LogP contribution in [0.4, 0.5) is 5.69 Å². The summed E-state index contributed by atoms with van der Waals surface area (Å²) in [7, 11) is 1.85. The van der Waals surface area contributed by atoms with E-state index >= 15 is 0 Å². The third-order valence-corrected chi connectivity index (χ3v) is 5.38. The first-order valence-electron chi connectivity index (χ1n) is 9.66. The van der Waals surface area contributed by atoms with Gasteiger partial charge in [-0.15, -0.1) is 0 Å². The fourth-order valence-electron chi connectivity index (χ4n) is 3.73. The molecule has 2 aromatic carbocycles. The Balaban J connectivity index is 1.39. The molecule has 1 aliphatic heterocycles. The van der Waals surface area contributed by atoms with Gasteiger partial charge in [-0.05, 0) is 55.7 Å². The second-order valence-electron chi connectivity index (χ2n) is 7.37. The molecule has 5 heteroatoms. The summed E-state index contributed by atoms with van der Waals surface area (Å²) < 4.78 is 0. The van der Waals surface area contributed by atoms with Crippen LogP contribution in [0.5, 0.6) is 0 Å². The van der Waals surface area contributed by atoms with Gasteiger partial charge in [0.2, 0.25) is 0 Å². The Morgan fingerprint density at radius 1 is 1.15 bits per heavy atom. The Hall–Kier alpha value is -2.82. The lowest BCUT2D eigenvalue weighted by molar-refractivity contribution is 0.0796. The molecule has 4 rings (SSSR count). The van der Waals surface area contributed by atoms with Crippen LogP contribution in [0.15, 0.2) is 42.5 Å². The van der Waals surface area contributed by atoms with Crippen molar-refractivity contribution >= 4 is 22.6 Å². The maximum Gasteiger partial charge on any atom is 0.253 e. The normalized spacial score (nSPS) is 14.1. The predicted octanol–water partition coefficient (Wildman–Crippen LogP) is 3.79. The summed E-state index contributed by atoms with van der Waals surface area (Å²) in [6.07, 6.45) is 3.22. The molecule has 1 saturated heterocycles. The Bertz CT molecular complexity index is 939. The van der Waals surface area contributed by atoms with Crippen molar-refractivity contribution in [1.82, 2.24) is 14.9 Å². The molecule has 1 amide bonds. The second kappa shape index (κ2) is 7.43. The minimum atomic E-state index is 0.0512. The molecule has 0 atom stereocenters. The van der Waals surface area contributed by atoms with Gasteiger partial charge in [0, 0.05) is 44.4 Å². The zero-order valence-electron chi connectivity index (χ0n) is 16.0. The van der Waals surface area contributed by atoms with E-state index in [1.165, 1.54) is 18.5 Å². The number of likely N-dealkylation sites (N-methyl/N-ethyl adjacent to an activating group) is 1. The standard InChI is InChI=1S/C22H26N4O/c1-16-6-5-7-19-21(16)24-20(23-19)12-15-25(2)22(27)17-8-10-18(11-9-17)26-13-3-4-14-26/h5-11H,3-4,12-15H2,1-2H3,(H,23,24). The number of anilines is 1. The Morgan fingerprint density at radius 2 is 1.89 bits per heavy atom. The molecule has 0 unspecified atom stereocenters. The van der Waals surface area contributed by atoms with Crippen molar-refractivity contribution in [3.63, 3.8) is 0 Å². The van der Waals surface area contributed by atoms with E-state index < -0.39 is 0 Å². The summed E-state index contributed by atoms with van der Waals surface area (Å²) in [5.41, 5.74) is 5.18. The number of rotatable bonds is 5. The van der Waals surface area contributed by atoms with Crippen molar-refractivity contribution in [3.05, 3.63) is 59.4 Å². The first-order valence-corrected chi connectivity index (χ1v) is 9.66. The van der Waals surface area contributed by atoms with Gasteiger partial charge in [0.1, 0.15) is 5.82 Å². The number of carbonyl (C=O) groups is 1. The number of para-hydroxylation sites is 1. The molecular formula is C22H26N4O. The highest BCUT2D eigenvalue weighted by molar-refractivity contribution is 5.94. The van der Waals surface area contributed by atoms with Crippen LogP contribution in [0.2, 0.25) is 0 Å². The van der Waals surface area contributed by atoms with Gasteiger partial charge in [-0.2, -0.15) is 0 Å². The van der Waals surface area contributed by atoms with E-state index in [9.17, 15) is 4.79 Å². The third-order valence-electron chi connectivity index (χ3n) is 5.38. The number of aryl methyl sites for hydroxylation is 1. The van der Waals surface area contributed by atoms with E-state index in [1.54, 1.807) is 4.90 Å². The summed E-state index contributed by atoms with van der Waals surface area (Å²) in [5, 5.41) is 0. The topological polar surface area (TPSA) is 52.2 Å². The highest BCUT2D eigenvalue weighted by atomic mass is 16.2. The minimum absolute atomic E-state index is 0.0512.